The van der Waals surface area contributed by atoms with Crippen molar-refractivity contribution in [1.29, 1.82) is 0 Å². The molecule has 0 bridgehead atoms. The Labute approximate surface area is 90.0 Å². The maximum atomic E-state index is 11.6. The first kappa shape index (κ1) is 11.8. The van der Waals surface area contributed by atoms with Crippen molar-refractivity contribution in [2.24, 2.45) is 10.2 Å². The Bertz CT molecular complexity index is 279. The van der Waals surface area contributed by atoms with Crippen LogP contribution in [0.2, 0.25) is 0 Å². The Hall–Kier alpha value is -1.23. The van der Waals surface area contributed by atoms with Crippen LogP contribution in [0, 0.1) is 0 Å². The molecule has 0 atom stereocenters. The van der Waals surface area contributed by atoms with E-state index in [-0.39, 0.29) is 17.1 Å². The molecule has 0 radical (unpaired) electrons. The van der Waals surface area contributed by atoms with Crippen molar-refractivity contribution in [2.45, 2.75) is 25.3 Å². The zero-order chi connectivity index (χ0) is 11.3. The van der Waals surface area contributed by atoms with Gasteiger partial charge < -0.3 is 10.6 Å². The maximum absolute atomic E-state index is 11.6. The molecule has 1 aliphatic heterocycles. The number of amides is 1. The summed E-state index contributed by atoms with van der Waals surface area (Å²) in [6.45, 7) is 7.45. The molecule has 84 valence electrons. The average Bonchev–Trinajstić information content (AvgIpc) is 2.18. The number of azo groups is 1. The van der Waals surface area contributed by atoms with Crippen LogP contribution >= 0.6 is 0 Å². The summed E-state index contributed by atoms with van der Waals surface area (Å²) < 4.78 is 0. The number of carbonyl (C=O) groups is 1. The molecule has 1 saturated heterocycles. The van der Waals surface area contributed by atoms with Crippen LogP contribution in [0.25, 0.3) is 0 Å². The zero-order valence-electron chi connectivity index (χ0n) is 9.34. The Morgan fingerprint density at radius 2 is 2.07 bits per heavy atom. The van der Waals surface area contributed by atoms with E-state index in [2.05, 4.69) is 27.4 Å². The number of carbonyl (C=O) groups excluding carboxylic acids is 1. The minimum Gasteiger partial charge on any atom is -0.345 e. The van der Waals surface area contributed by atoms with Crippen molar-refractivity contribution in [1.82, 2.24) is 10.6 Å². The van der Waals surface area contributed by atoms with Crippen LogP contribution in [-0.2, 0) is 4.79 Å². The van der Waals surface area contributed by atoms with E-state index in [9.17, 15) is 4.79 Å². The van der Waals surface area contributed by atoms with E-state index in [4.69, 9.17) is 0 Å². The van der Waals surface area contributed by atoms with E-state index in [0.717, 1.165) is 25.9 Å². The minimum absolute atomic E-state index is 0.144. The van der Waals surface area contributed by atoms with Crippen LogP contribution in [0.3, 0.4) is 0 Å². The van der Waals surface area contributed by atoms with Crippen LogP contribution < -0.4 is 10.6 Å². The maximum Gasteiger partial charge on any atom is 0.271 e. The van der Waals surface area contributed by atoms with Crippen molar-refractivity contribution in [2.75, 3.05) is 20.1 Å². The molecule has 1 heterocycles. The largest absolute Gasteiger partial charge is 0.345 e. The Balaban J connectivity index is 2.52. The van der Waals surface area contributed by atoms with Gasteiger partial charge in [0.15, 0.2) is 0 Å². The summed E-state index contributed by atoms with van der Waals surface area (Å²) in [6.07, 6.45) is 1.85. The van der Waals surface area contributed by atoms with Gasteiger partial charge in [0.2, 0.25) is 0 Å². The van der Waals surface area contributed by atoms with E-state index >= 15 is 0 Å². The predicted molar refractivity (Wildman–Crippen MR) is 58.6 cm³/mol. The Morgan fingerprint density at radius 3 is 2.60 bits per heavy atom. The summed E-state index contributed by atoms with van der Waals surface area (Å²) in [7, 11) is 1.52. The summed E-state index contributed by atoms with van der Waals surface area (Å²) in [5, 5.41) is 13.3. The summed E-state index contributed by atoms with van der Waals surface area (Å²) >= 11 is 0. The highest BCUT2D eigenvalue weighted by Crippen LogP contribution is 2.17. The average molecular weight is 210 g/mol. The first-order valence-corrected chi connectivity index (χ1v) is 5.09. The van der Waals surface area contributed by atoms with Gasteiger partial charge in [-0.05, 0) is 32.9 Å². The van der Waals surface area contributed by atoms with Gasteiger partial charge in [-0.3, -0.25) is 4.79 Å². The molecule has 5 heteroatoms. The van der Waals surface area contributed by atoms with Crippen molar-refractivity contribution < 1.29 is 4.79 Å². The van der Waals surface area contributed by atoms with Gasteiger partial charge in [0.05, 0.1) is 0 Å². The lowest BCUT2D eigenvalue weighted by Gasteiger charge is -2.34. The molecule has 0 aromatic heterocycles. The molecule has 1 amide bonds. The van der Waals surface area contributed by atoms with Gasteiger partial charge in [0.1, 0.15) is 5.70 Å². The molecular weight excluding hydrogens is 192 g/mol. The van der Waals surface area contributed by atoms with Crippen molar-refractivity contribution in [3.63, 3.8) is 0 Å². The smallest absolute Gasteiger partial charge is 0.271 e. The second-order valence-electron chi connectivity index (χ2n) is 4.01. The third-order valence-electron chi connectivity index (χ3n) is 2.61. The number of hydrogen-bond acceptors (Lipinski definition) is 4. The second-order valence-corrected chi connectivity index (χ2v) is 4.01. The van der Waals surface area contributed by atoms with Gasteiger partial charge in [0.25, 0.3) is 5.91 Å². The van der Waals surface area contributed by atoms with Crippen LogP contribution in [-0.4, -0.2) is 31.6 Å². The Kier molecular flexibility index (Phi) is 3.96. The fourth-order valence-corrected chi connectivity index (χ4v) is 1.62. The highest BCUT2D eigenvalue weighted by molar-refractivity contribution is 5.92. The molecular formula is C10H18N4O. The summed E-state index contributed by atoms with van der Waals surface area (Å²) in [5.74, 6) is -0.231. The minimum atomic E-state index is -0.231. The monoisotopic (exact) mass is 210 g/mol. The van der Waals surface area contributed by atoms with Gasteiger partial charge in [-0.2, -0.15) is 10.2 Å². The molecule has 0 aliphatic carbocycles. The molecule has 0 aromatic rings. The van der Waals surface area contributed by atoms with Crippen molar-refractivity contribution in [3.8, 4) is 0 Å². The fourth-order valence-electron chi connectivity index (χ4n) is 1.62. The normalized spacial score (nSPS) is 20.1. The highest BCUT2D eigenvalue weighted by atomic mass is 16.2. The predicted octanol–water partition coefficient (Wildman–Crippen LogP) is 0.840. The van der Waals surface area contributed by atoms with Crippen LogP contribution in [0.15, 0.2) is 22.5 Å². The third kappa shape index (κ3) is 3.43. The fraction of sp³-hybridized carbons (Fsp3) is 0.700. The molecule has 1 rings (SSSR count). The first-order chi connectivity index (χ1) is 7.07. The van der Waals surface area contributed by atoms with Crippen LogP contribution in [0.1, 0.15) is 19.8 Å². The molecule has 15 heavy (non-hydrogen) atoms. The molecule has 1 aliphatic rings. The van der Waals surface area contributed by atoms with E-state index in [1.54, 1.807) is 0 Å². The topological polar surface area (TPSA) is 65.8 Å². The number of piperidine rings is 1. The number of rotatable bonds is 3. The van der Waals surface area contributed by atoms with Crippen LogP contribution in [0.4, 0.5) is 0 Å². The zero-order valence-corrected chi connectivity index (χ0v) is 9.34. The lowest BCUT2D eigenvalue weighted by molar-refractivity contribution is -0.119. The standard InChI is InChI=1S/C10H18N4O/c1-8(14-11-3)9(15)13-10(2)4-6-12-7-5-10/h12H,1,4-7H2,2-3H3,(H,13,15)/b14-11-. The van der Waals surface area contributed by atoms with E-state index in [0.29, 0.717) is 0 Å². The van der Waals surface area contributed by atoms with Crippen LogP contribution in [0.5, 0.6) is 0 Å². The molecule has 0 spiro atoms. The molecule has 1 fully saturated rings. The summed E-state index contributed by atoms with van der Waals surface area (Å²) in [6, 6.07) is 0. The van der Waals surface area contributed by atoms with E-state index < -0.39 is 0 Å². The van der Waals surface area contributed by atoms with Gasteiger partial charge in [-0.15, -0.1) is 0 Å². The SMILES string of the molecule is C=C(/N=N\C)C(=O)NC1(C)CCNCC1. The van der Waals surface area contributed by atoms with Gasteiger partial charge in [-0.25, -0.2) is 0 Å². The molecule has 5 nitrogen and oxygen atoms in total. The summed E-state index contributed by atoms with van der Waals surface area (Å²) in [4.78, 5) is 11.6. The molecule has 0 unspecified atom stereocenters. The van der Waals surface area contributed by atoms with Gasteiger partial charge in [-0.1, -0.05) is 6.58 Å². The number of nitrogens with zero attached hydrogens (tertiary/aromatic N) is 2. The lowest BCUT2D eigenvalue weighted by Crippen LogP contribution is -2.52. The van der Waals surface area contributed by atoms with Crippen molar-refractivity contribution in [3.05, 3.63) is 12.3 Å². The molecule has 0 aromatic carbocycles. The van der Waals surface area contributed by atoms with Gasteiger partial charge >= 0.3 is 0 Å². The lowest BCUT2D eigenvalue weighted by atomic mass is 9.90. The van der Waals surface area contributed by atoms with Gasteiger partial charge in [0, 0.05) is 12.6 Å². The Morgan fingerprint density at radius 1 is 1.47 bits per heavy atom. The summed E-state index contributed by atoms with van der Waals surface area (Å²) in [5.41, 5.74) is 0.0198. The van der Waals surface area contributed by atoms with Crippen molar-refractivity contribution >= 4 is 5.91 Å². The van der Waals surface area contributed by atoms with E-state index in [1.807, 2.05) is 6.92 Å². The first-order valence-electron chi connectivity index (χ1n) is 5.09. The number of nitrogens with one attached hydrogen (secondary N) is 2. The molecule has 0 saturated carbocycles. The van der Waals surface area contributed by atoms with E-state index in [1.165, 1.54) is 7.05 Å². The molecule has 2 N–H and O–H groups in total. The number of hydrogen-bond donors (Lipinski definition) is 2. The highest BCUT2D eigenvalue weighted by Gasteiger charge is 2.28. The third-order valence-corrected chi connectivity index (χ3v) is 2.61. The quantitative estimate of drug-likeness (QED) is 0.535. The second kappa shape index (κ2) is 5.02.